The van der Waals surface area contributed by atoms with Crippen LogP contribution in [0.4, 0.5) is 0 Å². The van der Waals surface area contributed by atoms with E-state index in [1.54, 1.807) is 0 Å². The van der Waals surface area contributed by atoms with Crippen LogP contribution in [0, 0.1) is 0 Å². The van der Waals surface area contributed by atoms with Crippen molar-refractivity contribution in [3.63, 3.8) is 0 Å². The van der Waals surface area contributed by atoms with E-state index in [2.05, 4.69) is 19.1 Å². The van der Waals surface area contributed by atoms with Gasteiger partial charge in [0.15, 0.2) is 0 Å². The second kappa shape index (κ2) is 6.02. The molecular formula is C13H19ClO. The van der Waals surface area contributed by atoms with Gasteiger partial charge in [0, 0.05) is 5.88 Å². The van der Waals surface area contributed by atoms with Crippen molar-refractivity contribution in [2.24, 2.45) is 0 Å². The maximum atomic E-state index is 5.72. The summed E-state index contributed by atoms with van der Waals surface area (Å²) in [5.41, 5.74) is 1.33. The summed E-state index contributed by atoms with van der Waals surface area (Å²) >= 11 is 5.72. The summed E-state index contributed by atoms with van der Waals surface area (Å²) in [6, 6.07) is 8.30. The van der Waals surface area contributed by atoms with E-state index >= 15 is 0 Å². The van der Waals surface area contributed by atoms with Crippen molar-refractivity contribution in [1.29, 1.82) is 0 Å². The molecule has 2 heteroatoms. The summed E-state index contributed by atoms with van der Waals surface area (Å²) in [7, 11) is 0. The fourth-order valence-corrected chi connectivity index (χ4v) is 1.80. The fourth-order valence-electron chi connectivity index (χ4n) is 1.48. The molecule has 1 nitrogen and oxygen atoms in total. The quantitative estimate of drug-likeness (QED) is 0.684. The molecule has 0 fully saturated rings. The maximum absolute atomic E-state index is 5.72. The highest BCUT2D eigenvalue weighted by atomic mass is 35.5. The van der Waals surface area contributed by atoms with Gasteiger partial charge >= 0.3 is 0 Å². The lowest BCUT2D eigenvalue weighted by Gasteiger charge is -2.13. The third-order valence-electron chi connectivity index (χ3n) is 2.36. The van der Waals surface area contributed by atoms with Crippen LogP contribution in [0.5, 0.6) is 5.75 Å². The van der Waals surface area contributed by atoms with Crippen molar-refractivity contribution in [3.8, 4) is 5.75 Å². The highest BCUT2D eigenvalue weighted by Crippen LogP contribution is 2.22. The minimum atomic E-state index is 0.233. The van der Waals surface area contributed by atoms with Crippen LogP contribution < -0.4 is 4.74 Å². The van der Waals surface area contributed by atoms with Gasteiger partial charge in [0.1, 0.15) is 5.75 Å². The molecule has 0 aliphatic rings. The van der Waals surface area contributed by atoms with Crippen LogP contribution in [0.1, 0.15) is 38.7 Å². The molecular weight excluding hydrogens is 208 g/mol. The Morgan fingerprint density at radius 1 is 1.13 bits per heavy atom. The molecule has 1 atom stereocenters. The van der Waals surface area contributed by atoms with E-state index in [1.807, 2.05) is 26.0 Å². The molecule has 0 heterocycles. The number of benzene rings is 1. The Morgan fingerprint density at radius 3 is 2.20 bits per heavy atom. The molecule has 0 radical (unpaired) electrons. The average molecular weight is 227 g/mol. The van der Waals surface area contributed by atoms with Gasteiger partial charge in [-0.2, -0.15) is 0 Å². The van der Waals surface area contributed by atoms with E-state index in [9.17, 15) is 0 Å². The highest BCUT2D eigenvalue weighted by Gasteiger charge is 2.05. The maximum Gasteiger partial charge on any atom is 0.119 e. The third-order valence-corrected chi connectivity index (χ3v) is 2.58. The van der Waals surface area contributed by atoms with Crippen molar-refractivity contribution in [1.82, 2.24) is 0 Å². The molecule has 0 aliphatic heterocycles. The third kappa shape index (κ3) is 4.13. The topological polar surface area (TPSA) is 9.23 Å². The van der Waals surface area contributed by atoms with Crippen molar-refractivity contribution in [2.75, 3.05) is 5.88 Å². The van der Waals surface area contributed by atoms with E-state index in [1.165, 1.54) is 5.56 Å². The number of ether oxygens (including phenoxy) is 1. The van der Waals surface area contributed by atoms with Crippen LogP contribution in [0.25, 0.3) is 0 Å². The molecule has 0 amide bonds. The van der Waals surface area contributed by atoms with Crippen LogP contribution in [0.3, 0.4) is 0 Å². The molecule has 1 aromatic carbocycles. The molecule has 0 saturated heterocycles. The highest BCUT2D eigenvalue weighted by molar-refractivity contribution is 6.17. The summed E-state index contributed by atoms with van der Waals surface area (Å²) < 4.78 is 5.58. The molecule has 15 heavy (non-hydrogen) atoms. The molecule has 0 bridgehead atoms. The first-order valence-electron chi connectivity index (χ1n) is 5.46. The zero-order chi connectivity index (χ0) is 11.3. The lowest BCUT2D eigenvalue weighted by molar-refractivity contribution is 0.242. The molecule has 0 aliphatic carbocycles. The van der Waals surface area contributed by atoms with Gasteiger partial charge in [-0.1, -0.05) is 19.1 Å². The number of hydrogen-bond donors (Lipinski definition) is 0. The molecule has 84 valence electrons. The summed E-state index contributed by atoms with van der Waals surface area (Å²) in [6.07, 6.45) is 1.25. The van der Waals surface area contributed by atoms with E-state index in [0.29, 0.717) is 11.8 Å². The Balaban J connectivity index is 2.63. The smallest absolute Gasteiger partial charge is 0.119 e. The van der Waals surface area contributed by atoms with Gasteiger partial charge in [-0.25, -0.2) is 0 Å². The Morgan fingerprint density at radius 2 is 1.73 bits per heavy atom. The number of rotatable bonds is 5. The van der Waals surface area contributed by atoms with Crippen LogP contribution in [-0.4, -0.2) is 12.0 Å². The predicted octanol–water partition coefficient (Wildman–Crippen LogP) is 4.21. The van der Waals surface area contributed by atoms with E-state index in [0.717, 1.165) is 12.2 Å². The Bertz CT molecular complexity index is 279. The normalized spacial score (nSPS) is 12.9. The SMILES string of the molecule is CC(C)Oc1ccc(C(C)CCCl)cc1. The molecule has 0 N–H and O–H groups in total. The van der Waals surface area contributed by atoms with Gasteiger partial charge in [-0.05, 0) is 43.9 Å². The number of halogens is 1. The molecule has 0 spiro atoms. The van der Waals surface area contributed by atoms with Crippen molar-refractivity contribution >= 4 is 11.6 Å². The second-order valence-electron chi connectivity index (χ2n) is 4.11. The van der Waals surface area contributed by atoms with Gasteiger partial charge in [0.25, 0.3) is 0 Å². The van der Waals surface area contributed by atoms with Crippen LogP contribution in [-0.2, 0) is 0 Å². The molecule has 1 aromatic rings. The van der Waals surface area contributed by atoms with Crippen LogP contribution in [0.2, 0.25) is 0 Å². The lowest BCUT2D eigenvalue weighted by Crippen LogP contribution is -2.05. The fraction of sp³-hybridized carbons (Fsp3) is 0.538. The van der Waals surface area contributed by atoms with Gasteiger partial charge in [-0.3, -0.25) is 0 Å². The van der Waals surface area contributed by atoms with Gasteiger partial charge in [0.05, 0.1) is 6.10 Å². The zero-order valence-corrected chi connectivity index (χ0v) is 10.4. The Labute approximate surface area is 97.4 Å². The number of alkyl halides is 1. The van der Waals surface area contributed by atoms with E-state index < -0.39 is 0 Å². The minimum Gasteiger partial charge on any atom is -0.491 e. The molecule has 0 aromatic heterocycles. The monoisotopic (exact) mass is 226 g/mol. The second-order valence-corrected chi connectivity index (χ2v) is 4.49. The largest absolute Gasteiger partial charge is 0.491 e. The Kier molecular flexibility index (Phi) is 4.97. The first-order valence-corrected chi connectivity index (χ1v) is 5.99. The summed E-state index contributed by atoms with van der Waals surface area (Å²) in [4.78, 5) is 0. The van der Waals surface area contributed by atoms with Gasteiger partial charge in [0.2, 0.25) is 0 Å². The Hall–Kier alpha value is -0.690. The van der Waals surface area contributed by atoms with Gasteiger partial charge in [-0.15, -0.1) is 11.6 Å². The first-order chi connectivity index (χ1) is 7.13. The van der Waals surface area contributed by atoms with Crippen LogP contribution in [0.15, 0.2) is 24.3 Å². The van der Waals surface area contributed by atoms with Crippen molar-refractivity contribution in [3.05, 3.63) is 29.8 Å². The first kappa shape index (κ1) is 12.4. The molecule has 0 saturated carbocycles. The van der Waals surface area contributed by atoms with E-state index in [-0.39, 0.29) is 6.10 Å². The summed E-state index contributed by atoms with van der Waals surface area (Å²) in [6.45, 7) is 6.26. The van der Waals surface area contributed by atoms with Crippen LogP contribution >= 0.6 is 11.6 Å². The minimum absolute atomic E-state index is 0.233. The van der Waals surface area contributed by atoms with Crippen molar-refractivity contribution < 1.29 is 4.74 Å². The molecule has 1 rings (SSSR count). The summed E-state index contributed by atoms with van der Waals surface area (Å²) in [5, 5.41) is 0. The summed E-state index contributed by atoms with van der Waals surface area (Å²) in [5.74, 6) is 2.17. The average Bonchev–Trinajstić information content (AvgIpc) is 2.18. The number of hydrogen-bond acceptors (Lipinski definition) is 1. The lowest BCUT2D eigenvalue weighted by atomic mass is 9.99. The molecule has 1 unspecified atom stereocenters. The van der Waals surface area contributed by atoms with Gasteiger partial charge < -0.3 is 4.74 Å². The predicted molar refractivity (Wildman–Crippen MR) is 66.0 cm³/mol. The van der Waals surface area contributed by atoms with Crippen molar-refractivity contribution in [2.45, 2.75) is 39.2 Å². The standard InChI is InChI=1S/C13H19ClO/c1-10(2)15-13-6-4-12(5-7-13)11(3)8-9-14/h4-7,10-11H,8-9H2,1-3H3. The zero-order valence-electron chi connectivity index (χ0n) is 9.66. The van der Waals surface area contributed by atoms with E-state index in [4.69, 9.17) is 16.3 Å².